The first-order chi connectivity index (χ1) is 10.6. The van der Waals surface area contributed by atoms with Gasteiger partial charge in [0, 0.05) is 25.5 Å². The summed E-state index contributed by atoms with van der Waals surface area (Å²) >= 11 is 0. The van der Waals surface area contributed by atoms with Crippen molar-refractivity contribution in [3.63, 3.8) is 0 Å². The predicted molar refractivity (Wildman–Crippen MR) is 82.2 cm³/mol. The first-order valence-corrected chi connectivity index (χ1v) is 8.14. The molecule has 4 rings (SSSR count). The van der Waals surface area contributed by atoms with Crippen LogP contribution in [0.1, 0.15) is 38.2 Å². The summed E-state index contributed by atoms with van der Waals surface area (Å²) in [6, 6.07) is 7.88. The number of nitrogens with zero attached hydrogens (tertiary/aromatic N) is 1. The molecule has 4 nitrogen and oxygen atoms in total. The number of rotatable bonds is 1. The highest BCUT2D eigenvalue weighted by Gasteiger charge is 2.70. The van der Waals surface area contributed by atoms with E-state index in [1.807, 2.05) is 31.3 Å². The van der Waals surface area contributed by atoms with E-state index >= 15 is 0 Å². The fourth-order valence-electron chi connectivity index (χ4n) is 5.11. The van der Waals surface area contributed by atoms with Gasteiger partial charge in [-0.1, -0.05) is 31.0 Å². The van der Waals surface area contributed by atoms with Crippen molar-refractivity contribution in [1.82, 2.24) is 0 Å². The number of carbonyl (C=O) groups is 2. The highest BCUT2D eigenvalue weighted by Crippen LogP contribution is 2.66. The lowest BCUT2D eigenvalue weighted by Crippen LogP contribution is -2.69. The van der Waals surface area contributed by atoms with E-state index in [1.54, 1.807) is 4.90 Å². The molecule has 2 fully saturated rings. The van der Waals surface area contributed by atoms with Crippen LogP contribution >= 0.6 is 0 Å². The van der Waals surface area contributed by atoms with Crippen molar-refractivity contribution in [3.8, 4) is 0 Å². The summed E-state index contributed by atoms with van der Waals surface area (Å²) in [4.78, 5) is 26.5. The molecule has 1 amide bonds. The van der Waals surface area contributed by atoms with Crippen molar-refractivity contribution in [1.29, 1.82) is 0 Å². The summed E-state index contributed by atoms with van der Waals surface area (Å²) in [7, 11) is 1.83. The van der Waals surface area contributed by atoms with E-state index in [0.29, 0.717) is 5.92 Å². The Balaban J connectivity index is 1.92. The number of amides is 1. The van der Waals surface area contributed by atoms with E-state index in [4.69, 9.17) is 4.74 Å². The van der Waals surface area contributed by atoms with E-state index in [1.165, 1.54) is 13.3 Å². The summed E-state index contributed by atoms with van der Waals surface area (Å²) in [5.74, 6) is 0.247. The lowest BCUT2D eigenvalue weighted by molar-refractivity contribution is -0.238. The Labute approximate surface area is 130 Å². The first-order valence-electron chi connectivity index (χ1n) is 8.14. The Kier molecular flexibility index (Phi) is 2.87. The Morgan fingerprint density at radius 3 is 2.77 bits per heavy atom. The molecule has 2 saturated carbocycles. The molecule has 3 aliphatic rings. The number of para-hydroxylation sites is 1. The first kappa shape index (κ1) is 13.8. The number of esters is 1. The van der Waals surface area contributed by atoms with Gasteiger partial charge < -0.3 is 9.64 Å². The topological polar surface area (TPSA) is 46.6 Å². The highest BCUT2D eigenvalue weighted by atomic mass is 16.6. The minimum absolute atomic E-state index is 0.100. The summed E-state index contributed by atoms with van der Waals surface area (Å²) in [5, 5.41) is 0. The van der Waals surface area contributed by atoms with Gasteiger partial charge in [0.05, 0.1) is 11.6 Å². The minimum atomic E-state index is -0.725. The molecular formula is C18H21NO3. The van der Waals surface area contributed by atoms with Crippen molar-refractivity contribution in [2.45, 2.75) is 38.2 Å². The number of ether oxygens (including phenoxy) is 1. The molecule has 2 aliphatic carbocycles. The Bertz CT molecular complexity index is 655. The molecule has 1 heterocycles. The van der Waals surface area contributed by atoms with Crippen LogP contribution in [0.3, 0.4) is 0 Å². The Morgan fingerprint density at radius 2 is 2.00 bits per heavy atom. The van der Waals surface area contributed by atoms with Crippen LogP contribution in [0.2, 0.25) is 0 Å². The summed E-state index contributed by atoms with van der Waals surface area (Å²) < 4.78 is 5.91. The predicted octanol–water partition coefficient (Wildman–Crippen LogP) is 2.86. The molecule has 4 heteroatoms. The molecule has 0 saturated heterocycles. The smallest absolute Gasteiger partial charge is 0.303 e. The van der Waals surface area contributed by atoms with Crippen LogP contribution < -0.4 is 4.90 Å². The lowest BCUT2D eigenvalue weighted by Gasteiger charge is -2.64. The molecule has 1 aromatic carbocycles. The van der Waals surface area contributed by atoms with E-state index in [2.05, 4.69) is 0 Å². The molecule has 0 N–H and O–H groups in total. The monoisotopic (exact) mass is 299 g/mol. The van der Waals surface area contributed by atoms with Crippen LogP contribution in [0.4, 0.5) is 5.69 Å². The van der Waals surface area contributed by atoms with Gasteiger partial charge in [-0.05, 0) is 24.8 Å². The minimum Gasteiger partial charge on any atom is -0.453 e. The third-order valence-electron chi connectivity index (χ3n) is 5.86. The second kappa shape index (κ2) is 4.58. The maximum absolute atomic E-state index is 12.9. The third kappa shape index (κ3) is 1.53. The van der Waals surface area contributed by atoms with Crippen LogP contribution in [0.15, 0.2) is 24.3 Å². The van der Waals surface area contributed by atoms with Gasteiger partial charge in [-0.3, -0.25) is 9.59 Å². The molecule has 4 atom stereocenters. The molecule has 116 valence electrons. The quantitative estimate of drug-likeness (QED) is 0.749. The number of benzene rings is 1. The fraction of sp³-hybridized carbons (Fsp3) is 0.556. The van der Waals surface area contributed by atoms with Crippen molar-refractivity contribution >= 4 is 17.6 Å². The summed E-state index contributed by atoms with van der Waals surface area (Å²) in [6.45, 7) is 1.45. The van der Waals surface area contributed by atoms with Crippen LogP contribution in [-0.2, 0) is 19.9 Å². The number of hydrogen-bond acceptors (Lipinski definition) is 3. The van der Waals surface area contributed by atoms with Crippen LogP contribution in [0.25, 0.3) is 0 Å². The van der Waals surface area contributed by atoms with Crippen LogP contribution in [0, 0.1) is 17.8 Å². The molecule has 0 bridgehead atoms. The van der Waals surface area contributed by atoms with E-state index < -0.39 is 5.60 Å². The van der Waals surface area contributed by atoms with Gasteiger partial charge in [0.1, 0.15) is 0 Å². The Hall–Kier alpha value is -1.84. The SMILES string of the molecule is CC(=O)O[C@]12c3ccccc3N(C)C(=O)[C@H]1[C@H]1CCCC[C@H]12. The summed E-state index contributed by atoms with van der Waals surface area (Å²) in [6.07, 6.45) is 4.44. The highest BCUT2D eigenvalue weighted by molar-refractivity contribution is 6.00. The van der Waals surface area contributed by atoms with Gasteiger partial charge in [-0.15, -0.1) is 0 Å². The fourth-order valence-corrected chi connectivity index (χ4v) is 5.11. The zero-order chi connectivity index (χ0) is 15.5. The molecular weight excluding hydrogens is 278 g/mol. The standard InChI is InChI=1S/C18H21NO3/c1-11(20)22-18-13-8-4-3-7-12(13)16(18)17(21)19(2)15-10-6-5-9-14(15)18/h5-6,9-10,12-13,16H,3-4,7-8H2,1-2H3/t12-,13+,16+,18+/m0/s1. The largest absolute Gasteiger partial charge is 0.453 e. The van der Waals surface area contributed by atoms with Gasteiger partial charge in [-0.2, -0.15) is 0 Å². The average molecular weight is 299 g/mol. The maximum atomic E-state index is 12.9. The third-order valence-corrected chi connectivity index (χ3v) is 5.86. The second-order valence-electron chi connectivity index (χ2n) is 6.83. The van der Waals surface area contributed by atoms with E-state index in [9.17, 15) is 9.59 Å². The van der Waals surface area contributed by atoms with Gasteiger partial charge in [0.2, 0.25) is 5.91 Å². The molecule has 22 heavy (non-hydrogen) atoms. The molecule has 0 unspecified atom stereocenters. The van der Waals surface area contributed by atoms with E-state index in [-0.39, 0.29) is 23.7 Å². The number of carbonyl (C=O) groups excluding carboxylic acids is 2. The average Bonchev–Trinajstić information content (AvgIpc) is 2.51. The second-order valence-corrected chi connectivity index (χ2v) is 6.83. The van der Waals surface area contributed by atoms with Gasteiger partial charge in [-0.25, -0.2) is 0 Å². The van der Waals surface area contributed by atoms with Crippen molar-refractivity contribution in [3.05, 3.63) is 29.8 Å². The normalized spacial score (nSPS) is 35.8. The Morgan fingerprint density at radius 1 is 1.27 bits per heavy atom. The van der Waals surface area contributed by atoms with Crippen molar-refractivity contribution in [2.75, 3.05) is 11.9 Å². The molecule has 0 radical (unpaired) electrons. The van der Waals surface area contributed by atoms with Gasteiger partial charge in [0.25, 0.3) is 0 Å². The number of fused-ring (bicyclic) bond motifs is 6. The molecule has 1 aromatic rings. The lowest BCUT2D eigenvalue weighted by atomic mass is 9.45. The molecule has 1 aliphatic heterocycles. The van der Waals surface area contributed by atoms with Gasteiger partial charge >= 0.3 is 5.97 Å². The van der Waals surface area contributed by atoms with Gasteiger partial charge in [0.15, 0.2) is 5.60 Å². The van der Waals surface area contributed by atoms with Crippen LogP contribution in [0.5, 0.6) is 0 Å². The van der Waals surface area contributed by atoms with E-state index in [0.717, 1.165) is 30.5 Å². The molecule has 0 aromatic heterocycles. The molecule has 0 spiro atoms. The number of anilines is 1. The maximum Gasteiger partial charge on any atom is 0.303 e. The number of hydrogen-bond donors (Lipinski definition) is 0. The van der Waals surface area contributed by atoms with Crippen molar-refractivity contribution in [2.24, 2.45) is 17.8 Å². The van der Waals surface area contributed by atoms with Crippen molar-refractivity contribution < 1.29 is 14.3 Å². The summed E-state index contributed by atoms with van der Waals surface area (Å²) in [5.41, 5.74) is 1.17. The van der Waals surface area contributed by atoms with Crippen LogP contribution in [-0.4, -0.2) is 18.9 Å². The zero-order valence-corrected chi connectivity index (χ0v) is 13.0. The zero-order valence-electron chi connectivity index (χ0n) is 13.0.